The van der Waals surface area contributed by atoms with E-state index in [-0.39, 0.29) is 0 Å². The predicted molar refractivity (Wildman–Crippen MR) is 107 cm³/mol. The third-order valence-electron chi connectivity index (χ3n) is 4.83. The number of nitrogens with zero attached hydrogens (tertiary/aromatic N) is 3. The Labute approximate surface area is 156 Å². The van der Waals surface area contributed by atoms with E-state index in [1.807, 2.05) is 18.2 Å². The molecule has 0 aliphatic carbocycles. The van der Waals surface area contributed by atoms with Gasteiger partial charge in [-0.2, -0.15) is 0 Å². The fraction of sp³-hybridized carbons (Fsp3) is 0.0909. The normalized spacial score (nSPS) is 11.3. The van der Waals surface area contributed by atoms with Crippen LogP contribution in [0.2, 0.25) is 0 Å². The maximum absolute atomic E-state index is 5.46. The molecule has 0 unspecified atom stereocenters. The molecule has 132 valence electrons. The summed E-state index contributed by atoms with van der Waals surface area (Å²) in [4.78, 5) is 12.1. The highest BCUT2D eigenvalue weighted by Gasteiger charge is 2.14. The highest BCUT2D eigenvalue weighted by Crippen LogP contribution is 2.34. The Morgan fingerprint density at radius 1 is 1.00 bits per heavy atom. The number of benzene rings is 2. The Hall–Kier alpha value is -3.60. The molecule has 0 atom stereocenters. The van der Waals surface area contributed by atoms with E-state index in [4.69, 9.17) is 4.74 Å². The number of rotatable bonds is 4. The lowest BCUT2D eigenvalue weighted by Gasteiger charge is -2.06. The lowest BCUT2D eigenvalue weighted by molar-refractivity contribution is 0.415. The van der Waals surface area contributed by atoms with Crippen molar-refractivity contribution in [1.82, 2.24) is 19.5 Å². The summed E-state index contributed by atoms with van der Waals surface area (Å²) in [5.41, 5.74) is 6.19. The van der Waals surface area contributed by atoms with Gasteiger partial charge in [0.15, 0.2) is 5.65 Å². The number of hydrogen-bond acceptors (Lipinski definition) is 3. The van der Waals surface area contributed by atoms with Gasteiger partial charge in [0.25, 0.3) is 0 Å². The highest BCUT2D eigenvalue weighted by molar-refractivity contribution is 5.98. The molecule has 5 aromatic rings. The number of fused-ring (bicyclic) bond motifs is 2. The molecule has 5 heteroatoms. The van der Waals surface area contributed by atoms with Crippen molar-refractivity contribution in [3.63, 3.8) is 0 Å². The zero-order chi connectivity index (χ0) is 18.2. The van der Waals surface area contributed by atoms with Gasteiger partial charge in [0.1, 0.15) is 11.3 Å². The Morgan fingerprint density at radius 3 is 2.67 bits per heavy atom. The van der Waals surface area contributed by atoms with Crippen molar-refractivity contribution < 1.29 is 4.74 Å². The van der Waals surface area contributed by atoms with E-state index < -0.39 is 0 Å². The zero-order valence-electron chi connectivity index (χ0n) is 14.9. The van der Waals surface area contributed by atoms with Crippen molar-refractivity contribution in [2.45, 2.75) is 6.54 Å². The number of nitrogens with one attached hydrogen (secondary N) is 1. The standard InChI is InChI=1S/C22H18N4O/c1-27-16-7-8-21-17(11-16)18(14-26(21)13-15-5-3-2-4-6-15)19-12-20-22(25-19)24-10-9-23-20/h2-12,14H,13H2,1H3,(H,24,25). The third-order valence-corrected chi connectivity index (χ3v) is 4.83. The number of ether oxygens (including phenoxy) is 1. The average molecular weight is 354 g/mol. The van der Waals surface area contributed by atoms with Crippen LogP contribution in [0.1, 0.15) is 5.56 Å². The van der Waals surface area contributed by atoms with Gasteiger partial charge in [-0.05, 0) is 29.8 Å². The summed E-state index contributed by atoms with van der Waals surface area (Å²) in [6.45, 7) is 0.806. The minimum Gasteiger partial charge on any atom is -0.497 e. The molecular weight excluding hydrogens is 336 g/mol. The van der Waals surface area contributed by atoms with Crippen LogP contribution in [-0.4, -0.2) is 26.6 Å². The molecule has 3 heterocycles. The van der Waals surface area contributed by atoms with Crippen LogP contribution < -0.4 is 4.74 Å². The van der Waals surface area contributed by atoms with Gasteiger partial charge < -0.3 is 14.3 Å². The number of aromatic nitrogens is 4. The largest absolute Gasteiger partial charge is 0.497 e. The molecule has 0 saturated carbocycles. The van der Waals surface area contributed by atoms with Crippen molar-refractivity contribution >= 4 is 22.1 Å². The molecule has 5 rings (SSSR count). The smallest absolute Gasteiger partial charge is 0.156 e. The molecule has 0 aliphatic heterocycles. The highest BCUT2D eigenvalue weighted by atomic mass is 16.5. The van der Waals surface area contributed by atoms with Crippen LogP contribution in [0.25, 0.3) is 33.3 Å². The summed E-state index contributed by atoms with van der Waals surface area (Å²) in [6.07, 6.45) is 5.59. The summed E-state index contributed by atoms with van der Waals surface area (Å²) in [6, 6.07) is 18.7. The number of aromatic amines is 1. The van der Waals surface area contributed by atoms with E-state index in [0.717, 1.165) is 45.6 Å². The average Bonchev–Trinajstić information content (AvgIpc) is 3.30. The van der Waals surface area contributed by atoms with Crippen molar-refractivity contribution in [3.05, 3.63) is 78.8 Å². The molecule has 5 nitrogen and oxygen atoms in total. The summed E-state index contributed by atoms with van der Waals surface area (Å²) >= 11 is 0. The van der Waals surface area contributed by atoms with Crippen LogP contribution >= 0.6 is 0 Å². The van der Waals surface area contributed by atoms with E-state index in [2.05, 4.69) is 62.1 Å². The van der Waals surface area contributed by atoms with Crippen molar-refractivity contribution in [1.29, 1.82) is 0 Å². The first kappa shape index (κ1) is 15.6. The Kier molecular flexibility index (Phi) is 3.64. The molecule has 0 aliphatic rings. The molecule has 0 bridgehead atoms. The van der Waals surface area contributed by atoms with Gasteiger partial charge in [-0.3, -0.25) is 4.98 Å². The molecule has 27 heavy (non-hydrogen) atoms. The zero-order valence-corrected chi connectivity index (χ0v) is 14.9. The van der Waals surface area contributed by atoms with Crippen LogP contribution in [0, 0.1) is 0 Å². The molecule has 0 amide bonds. The van der Waals surface area contributed by atoms with Gasteiger partial charge in [-0.1, -0.05) is 30.3 Å². The maximum atomic E-state index is 5.46. The maximum Gasteiger partial charge on any atom is 0.156 e. The van der Waals surface area contributed by atoms with Gasteiger partial charge >= 0.3 is 0 Å². The van der Waals surface area contributed by atoms with Gasteiger partial charge in [0, 0.05) is 41.6 Å². The number of H-pyrrole nitrogens is 1. The molecule has 0 saturated heterocycles. The predicted octanol–water partition coefficient (Wildman–Crippen LogP) is 4.64. The Bertz CT molecular complexity index is 1200. The van der Waals surface area contributed by atoms with Crippen LogP contribution in [0.4, 0.5) is 0 Å². The minimum atomic E-state index is 0.791. The van der Waals surface area contributed by atoms with E-state index in [1.165, 1.54) is 5.56 Å². The van der Waals surface area contributed by atoms with Crippen LogP contribution in [0.5, 0.6) is 5.75 Å². The first-order valence-corrected chi connectivity index (χ1v) is 8.83. The number of methoxy groups -OCH3 is 1. The molecule has 0 spiro atoms. The van der Waals surface area contributed by atoms with Crippen LogP contribution in [0.3, 0.4) is 0 Å². The van der Waals surface area contributed by atoms with Crippen molar-refractivity contribution in [2.75, 3.05) is 7.11 Å². The molecule has 0 fully saturated rings. The summed E-state index contributed by atoms with van der Waals surface area (Å²) < 4.78 is 7.73. The molecule has 1 N–H and O–H groups in total. The van der Waals surface area contributed by atoms with E-state index in [1.54, 1.807) is 19.5 Å². The first-order chi connectivity index (χ1) is 13.3. The molecule has 2 aromatic carbocycles. The lowest BCUT2D eigenvalue weighted by atomic mass is 10.1. The summed E-state index contributed by atoms with van der Waals surface area (Å²) in [7, 11) is 1.69. The van der Waals surface area contributed by atoms with Gasteiger partial charge in [-0.15, -0.1) is 0 Å². The van der Waals surface area contributed by atoms with Crippen molar-refractivity contribution in [2.24, 2.45) is 0 Å². The van der Waals surface area contributed by atoms with Gasteiger partial charge in [0.05, 0.1) is 12.8 Å². The van der Waals surface area contributed by atoms with Gasteiger partial charge in [0.2, 0.25) is 0 Å². The third kappa shape index (κ3) is 2.73. The van der Waals surface area contributed by atoms with Crippen molar-refractivity contribution in [3.8, 4) is 17.0 Å². The second-order valence-corrected chi connectivity index (χ2v) is 6.51. The lowest BCUT2D eigenvalue weighted by Crippen LogP contribution is -1.97. The fourth-order valence-corrected chi connectivity index (χ4v) is 3.52. The quantitative estimate of drug-likeness (QED) is 0.512. The van der Waals surface area contributed by atoms with E-state index in [9.17, 15) is 0 Å². The minimum absolute atomic E-state index is 0.791. The summed E-state index contributed by atoms with van der Waals surface area (Å²) in [5, 5.41) is 1.14. The Morgan fingerprint density at radius 2 is 1.85 bits per heavy atom. The van der Waals surface area contributed by atoms with Crippen LogP contribution in [0.15, 0.2) is 73.2 Å². The van der Waals surface area contributed by atoms with E-state index in [0.29, 0.717) is 0 Å². The van der Waals surface area contributed by atoms with E-state index >= 15 is 0 Å². The monoisotopic (exact) mass is 354 g/mol. The van der Waals surface area contributed by atoms with Crippen LogP contribution in [-0.2, 0) is 6.54 Å². The Balaban J connectivity index is 1.70. The molecular formula is C22H18N4O. The second kappa shape index (κ2) is 6.29. The second-order valence-electron chi connectivity index (χ2n) is 6.51. The first-order valence-electron chi connectivity index (χ1n) is 8.83. The topological polar surface area (TPSA) is 55.7 Å². The molecule has 3 aromatic heterocycles. The number of hydrogen-bond donors (Lipinski definition) is 1. The van der Waals surface area contributed by atoms with Gasteiger partial charge in [-0.25, -0.2) is 4.98 Å². The molecule has 0 radical (unpaired) electrons. The fourth-order valence-electron chi connectivity index (χ4n) is 3.52. The summed E-state index contributed by atoms with van der Waals surface area (Å²) in [5.74, 6) is 0.841. The SMILES string of the molecule is COc1ccc2c(c1)c(-c1cc3nccnc3[nH]1)cn2Cc1ccccc1.